The Balaban J connectivity index is 3.11. The number of hydrogen-bond donors (Lipinski definition) is 5. The highest BCUT2D eigenvalue weighted by atomic mass is 31.2. The van der Waals surface area contributed by atoms with Crippen molar-refractivity contribution in [3.05, 3.63) is 32.6 Å². The Kier molecular flexibility index (Phi) is 6.42. The Morgan fingerprint density at radius 1 is 1.35 bits per heavy atom. The van der Waals surface area contributed by atoms with E-state index in [1.807, 2.05) is 4.98 Å². The molecule has 1 rings (SSSR count). The largest absolute Gasteiger partial charge is 0.394 e. The Hall–Kier alpha value is -1.78. The molecule has 0 aromatic carbocycles. The maximum atomic E-state index is 12.2. The highest BCUT2D eigenvalue weighted by molar-refractivity contribution is 7.51. The van der Waals surface area contributed by atoms with Crippen LogP contribution in [0.3, 0.4) is 0 Å². The molecular weight excluding hydrogens is 333 g/mol. The number of nitrogens with zero attached hydrogens (tertiary/aromatic N) is 2. The molecule has 130 valence electrons. The first-order valence-electron chi connectivity index (χ1n) is 6.45. The molecule has 1 aromatic heterocycles. The summed E-state index contributed by atoms with van der Waals surface area (Å²) in [6, 6.07) is -1.23. The van der Waals surface area contributed by atoms with E-state index in [9.17, 15) is 18.9 Å². The standard InChI is InChI=1S/C11H18N3O8P/c1-7-2-13(11(19)12-10(7)18)3-9(17)14(6-23(20,21)22)8(4-15)5-16/h2,8,15-16H,3-6H2,1H3,(H,12,18,19)(H2,20,21,22). The highest BCUT2D eigenvalue weighted by Crippen LogP contribution is 2.35. The van der Waals surface area contributed by atoms with Gasteiger partial charge in [-0.25, -0.2) is 4.79 Å². The monoisotopic (exact) mass is 351 g/mol. The zero-order valence-corrected chi connectivity index (χ0v) is 13.1. The van der Waals surface area contributed by atoms with Crippen molar-refractivity contribution in [2.45, 2.75) is 19.5 Å². The van der Waals surface area contributed by atoms with Gasteiger partial charge in [-0.3, -0.25) is 23.7 Å². The van der Waals surface area contributed by atoms with Gasteiger partial charge in [-0.2, -0.15) is 0 Å². The van der Waals surface area contributed by atoms with E-state index < -0.39 is 56.8 Å². The second kappa shape index (κ2) is 7.66. The summed E-state index contributed by atoms with van der Waals surface area (Å²) < 4.78 is 12.0. The fraction of sp³-hybridized carbons (Fsp3) is 0.545. The van der Waals surface area contributed by atoms with Gasteiger partial charge in [0.2, 0.25) is 5.91 Å². The molecule has 0 bridgehead atoms. The molecule has 5 N–H and O–H groups in total. The van der Waals surface area contributed by atoms with Crippen molar-refractivity contribution in [1.29, 1.82) is 0 Å². The summed E-state index contributed by atoms with van der Waals surface area (Å²) in [5.41, 5.74) is -1.32. The van der Waals surface area contributed by atoms with Gasteiger partial charge in [0.05, 0.1) is 19.3 Å². The van der Waals surface area contributed by atoms with Gasteiger partial charge in [-0.15, -0.1) is 0 Å². The zero-order chi connectivity index (χ0) is 17.8. The number of amides is 1. The van der Waals surface area contributed by atoms with E-state index in [4.69, 9.17) is 20.0 Å². The van der Waals surface area contributed by atoms with E-state index in [0.29, 0.717) is 4.90 Å². The van der Waals surface area contributed by atoms with Gasteiger partial charge in [0.1, 0.15) is 12.8 Å². The Morgan fingerprint density at radius 3 is 2.39 bits per heavy atom. The molecular formula is C11H18N3O8P. The molecule has 12 heteroatoms. The average molecular weight is 351 g/mol. The molecule has 0 unspecified atom stereocenters. The number of aromatic amines is 1. The van der Waals surface area contributed by atoms with Gasteiger partial charge in [-0.1, -0.05) is 0 Å². The van der Waals surface area contributed by atoms with Gasteiger partial charge in [0.15, 0.2) is 0 Å². The molecule has 0 aliphatic rings. The van der Waals surface area contributed by atoms with Crippen molar-refractivity contribution in [3.63, 3.8) is 0 Å². The van der Waals surface area contributed by atoms with E-state index in [1.54, 1.807) is 0 Å². The number of hydrogen-bond acceptors (Lipinski definition) is 6. The van der Waals surface area contributed by atoms with Crippen LogP contribution in [0.1, 0.15) is 5.56 Å². The third kappa shape index (κ3) is 5.41. The van der Waals surface area contributed by atoms with Gasteiger partial charge >= 0.3 is 13.3 Å². The number of carbonyl (C=O) groups is 1. The summed E-state index contributed by atoms with van der Waals surface area (Å²) in [5, 5.41) is 18.2. The van der Waals surface area contributed by atoms with Crippen molar-refractivity contribution < 1.29 is 29.4 Å². The van der Waals surface area contributed by atoms with Crippen LogP contribution in [0.15, 0.2) is 15.8 Å². The molecule has 1 heterocycles. The van der Waals surface area contributed by atoms with Crippen LogP contribution >= 0.6 is 7.60 Å². The number of H-pyrrole nitrogens is 1. The molecule has 1 aromatic rings. The summed E-state index contributed by atoms with van der Waals surface area (Å²) in [7, 11) is -4.65. The molecule has 0 aliphatic carbocycles. The predicted molar refractivity (Wildman–Crippen MR) is 77.8 cm³/mol. The van der Waals surface area contributed by atoms with Crippen LogP contribution in [0, 0.1) is 6.92 Å². The minimum Gasteiger partial charge on any atom is -0.394 e. The van der Waals surface area contributed by atoms with Crippen LogP contribution < -0.4 is 11.2 Å². The van der Waals surface area contributed by atoms with Gasteiger partial charge in [0, 0.05) is 11.8 Å². The third-order valence-electron chi connectivity index (χ3n) is 3.01. The molecule has 0 saturated carbocycles. The first kappa shape index (κ1) is 19.3. The van der Waals surface area contributed by atoms with Crippen LogP contribution in [-0.4, -0.2) is 65.9 Å². The zero-order valence-electron chi connectivity index (χ0n) is 12.2. The molecule has 0 radical (unpaired) electrons. The van der Waals surface area contributed by atoms with Crippen LogP contribution in [-0.2, 0) is 15.9 Å². The van der Waals surface area contributed by atoms with Crippen molar-refractivity contribution in [2.75, 3.05) is 19.5 Å². The Bertz CT molecular complexity index is 717. The average Bonchev–Trinajstić information content (AvgIpc) is 2.43. The lowest BCUT2D eigenvalue weighted by molar-refractivity contribution is -0.135. The molecule has 11 nitrogen and oxygen atoms in total. The van der Waals surface area contributed by atoms with Gasteiger partial charge < -0.3 is 24.9 Å². The fourth-order valence-electron chi connectivity index (χ4n) is 1.82. The van der Waals surface area contributed by atoms with Crippen LogP contribution in [0.4, 0.5) is 0 Å². The van der Waals surface area contributed by atoms with Crippen molar-refractivity contribution in [1.82, 2.24) is 14.5 Å². The third-order valence-corrected chi connectivity index (χ3v) is 3.69. The lowest BCUT2D eigenvalue weighted by Crippen LogP contribution is -2.47. The van der Waals surface area contributed by atoms with Crippen molar-refractivity contribution in [3.8, 4) is 0 Å². The smallest absolute Gasteiger partial charge is 0.344 e. The summed E-state index contributed by atoms with van der Waals surface area (Å²) in [6.45, 7) is -0.645. The first-order valence-corrected chi connectivity index (χ1v) is 8.25. The lowest BCUT2D eigenvalue weighted by atomic mass is 10.3. The molecule has 23 heavy (non-hydrogen) atoms. The topological polar surface area (TPSA) is 173 Å². The molecule has 0 aliphatic heterocycles. The number of aliphatic hydroxyl groups excluding tert-OH is 2. The van der Waals surface area contributed by atoms with E-state index in [1.165, 1.54) is 6.92 Å². The fourth-order valence-corrected chi connectivity index (χ4v) is 2.61. The maximum Gasteiger partial charge on any atom is 0.344 e. The van der Waals surface area contributed by atoms with E-state index in [2.05, 4.69) is 0 Å². The molecule has 0 spiro atoms. The highest BCUT2D eigenvalue weighted by Gasteiger charge is 2.29. The second-order valence-electron chi connectivity index (χ2n) is 4.89. The van der Waals surface area contributed by atoms with E-state index in [0.717, 1.165) is 10.8 Å². The summed E-state index contributed by atoms with van der Waals surface area (Å²) >= 11 is 0. The number of aliphatic hydroxyl groups is 2. The molecule has 1 amide bonds. The van der Waals surface area contributed by atoms with E-state index >= 15 is 0 Å². The van der Waals surface area contributed by atoms with Crippen LogP contribution in [0.5, 0.6) is 0 Å². The van der Waals surface area contributed by atoms with Crippen LogP contribution in [0.2, 0.25) is 0 Å². The Morgan fingerprint density at radius 2 is 1.91 bits per heavy atom. The quantitative estimate of drug-likeness (QED) is 0.327. The maximum absolute atomic E-state index is 12.2. The normalized spacial score (nSPS) is 11.7. The molecule has 0 saturated heterocycles. The summed E-state index contributed by atoms with van der Waals surface area (Å²) in [4.78, 5) is 55.7. The number of aryl methyl sites for hydroxylation is 1. The minimum atomic E-state index is -4.65. The SMILES string of the molecule is Cc1cn(CC(=O)N(CP(=O)(O)O)C(CO)CO)c(=O)[nH]c1=O. The minimum absolute atomic E-state index is 0.166. The van der Waals surface area contributed by atoms with Gasteiger partial charge in [0.25, 0.3) is 5.56 Å². The van der Waals surface area contributed by atoms with Crippen molar-refractivity contribution in [2.24, 2.45) is 0 Å². The van der Waals surface area contributed by atoms with Crippen molar-refractivity contribution >= 4 is 13.5 Å². The summed E-state index contributed by atoms with van der Waals surface area (Å²) in [6.07, 6.45) is 0.107. The van der Waals surface area contributed by atoms with E-state index in [-0.39, 0.29) is 5.56 Å². The summed E-state index contributed by atoms with van der Waals surface area (Å²) in [5.74, 6) is -0.907. The van der Waals surface area contributed by atoms with Crippen LogP contribution in [0.25, 0.3) is 0 Å². The molecule has 0 atom stereocenters. The number of rotatable bonds is 7. The number of nitrogens with one attached hydrogen (secondary N) is 1. The van der Waals surface area contributed by atoms with Gasteiger partial charge in [-0.05, 0) is 6.92 Å². The number of carbonyl (C=O) groups excluding carboxylic acids is 1. The Labute approximate surface area is 130 Å². The first-order chi connectivity index (χ1) is 10.6. The molecule has 0 fully saturated rings. The predicted octanol–water partition coefficient (Wildman–Crippen LogP) is -2.84. The second-order valence-corrected chi connectivity index (χ2v) is 6.50. The lowest BCUT2D eigenvalue weighted by Gasteiger charge is -2.29. The number of aromatic nitrogens is 2.